The molecule has 0 atom stereocenters. The first-order valence-electron chi connectivity index (χ1n) is 6.49. The molecule has 2 N–H and O–H groups in total. The minimum atomic E-state index is -1.36. The number of rotatable bonds is 2. The standard InChI is InChI=1S/C13H12N4O4/c18-7-8-6-17(16-15-8)9-1-2-11-10(5-9)13(12(19)14-11)20-3-4-21-13/h1-2,5-6,18H,3-4,7H2,(H,14,19). The number of nitrogens with one attached hydrogen (secondary N) is 1. The number of nitrogens with zero attached hydrogens (tertiary/aromatic N) is 3. The molecule has 108 valence electrons. The van der Waals surface area contributed by atoms with Gasteiger partial charge in [0.2, 0.25) is 0 Å². The van der Waals surface area contributed by atoms with Crippen LogP contribution >= 0.6 is 0 Å². The van der Waals surface area contributed by atoms with Crippen LogP contribution in [-0.2, 0) is 26.7 Å². The fourth-order valence-corrected chi connectivity index (χ4v) is 2.58. The number of hydrogen-bond acceptors (Lipinski definition) is 6. The van der Waals surface area contributed by atoms with Gasteiger partial charge < -0.3 is 19.9 Å². The number of amides is 1. The zero-order chi connectivity index (χ0) is 14.4. The third-order valence-electron chi connectivity index (χ3n) is 3.57. The third-order valence-corrected chi connectivity index (χ3v) is 3.57. The second-order valence-corrected chi connectivity index (χ2v) is 4.81. The molecule has 8 heteroatoms. The number of hydrogen-bond donors (Lipinski definition) is 2. The van der Waals surface area contributed by atoms with Crippen molar-refractivity contribution >= 4 is 11.6 Å². The molecule has 0 unspecified atom stereocenters. The van der Waals surface area contributed by atoms with Crippen molar-refractivity contribution in [2.75, 3.05) is 18.5 Å². The molecule has 0 radical (unpaired) electrons. The molecular formula is C13H12N4O4. The van der Waals surface area contributed by atoms with E-state index >= 15 is 0 Å². The number of carbonyl (C=O) groups excluding carboxylic acids is 1. The average Bonchev–Trinajstić information content (AvgIpc) is 3.22. The monoisotopic (exact) mass is 288 g/mol. The highest BCUT2D eigenvalue weighted by Crippen LogP contribution is 2.42. The van der Waals surface area contributed by atoms with Gasteiger partial charge in [0.15, 0.2) is 0 Å². The van der Waals surface area contributed by atoms with Crippen LogP contribution < -0.4 is 5.32 Å². The van der Waals surface area contributed by atoms with Crippen molar-refractivity contribution < 1.29 is 19.4 Å². The van der Waals surface area contributed by atoms with Gasteiger partial charge in [-0.2, -0.15) is 0 Å². The lowest BCUT2D eigenvalue weighted by molar-refractivity contribution is -0.178. The summed E-state index contributed by atoms with van der Waals surface area (Å²) in [6, 6.07) is 5.33. The van der Waals surface area contributed by atoms with Gasteiger partial charge in [-0.25, -0.2) is 4.68 Å². The zero-order valence-corrected chi connectivity index (χ0v) is 10.9. The number of ether oxygens (including phenoxy) is 2. The van der Waals surface area contributed by atoms with Crippen molar-refractivity contribution in [3.8, 4) is 5.69 Å². The highest BCUT2D eigenvalue weighted by Gasteiger charge is 2.52. The van der Waals surface area contributed by atoms with Crippen LogP contribution in [0.2, 0.25) is 0 Å². The maximum Gasteiger partial charge on any atom is 0.289 e. The first kappa shape index (κ1) is 12.5. The molecule has 3 heterocycles. The van der Waals surface area contributed by atoms with Crippen LogP contribution in [0.3, 0.4) is 0 Å². The lowest BCUT2D eigenvalue weighted by Crippen LogP contribution is -2.35. The average molecular weight is 288 g/mol. The molecule has 2 aliphatic heterocycles. The van der Waals surface area contributed by atoms with Crippen LogP contribution in [0.5, 0.6) is 0 Å². The van der Waals surface area contributed by atoms with Crippen molar-refractivity contribution in [3.05, 3.63) is 35.7 Å². The Hall–Kier alpha value is -2.29. The molecule has 1 saturated heterocycles. The van der Waals surface area contributed by atoms with Gasteiger partial charge >= 0.3 is 0 Å². The van der Waals surface area contributed by atoms with Crippen molar-refractivity contribution in [3.63, 3.8) is 0 Å². The number of anilines is 1. The molecule has 1 amide bonds. The van der Waals surface area contributed by atoms with Gasteiger partial charge in [-0.15, -0.1) is 5.10 Å². The molecule has 2 aromatic rings. The lowest BCUT2D eigenvalue weighted by Gasteiger charge is -2.19. The summed E-state index contributed by atoms with van der Waals surface area (Å²) in [6.07, 6.45) is 1.62. The van der Waals surface area contributed by atoms with Crippen molar-refractivity contribution in [1.82, 2.24) is 15.0 Å². The maximum atomic E-state index is 12.1. The van der Waals surface area contributed by atoms with Gasteiger partial charge in [0.1, 0.15) is 5.69 Å². The van der Waals surface area contributed by atoms with Crippen LogP contribution in [0, 0.1) is 0 Å². The number of aromatic nitrogens is 3. The normalized spacial score (nSPS) is 19.0. The Bertz CT molecular complexity index is 721. The van der Waals surface area contributed by atoms with Gasteiger partial charge in [-0.3, -0.25) is 4.79 Å². The Balaban J connectivity index is 1.81. The maximum absolute atomic E-state index is 12.1. The van der Waals surface area contributed by atoms with Gasteiger partial charge in [0.25, 0.3) is 11.7 Å². The van der Waals surface area contributed by atoms with Gasteiger partial charge in [0.05, 0.1) is 37.4 Å². The summed E-state index contributed by atoms with van der Waals surface area (Å²) in [4.78, 5) is 12.1. The summed E-state index contributed by atoms with van der Waals surface area (Å²) in [5, 5.41) is 19.6. The first-order chi connectivity index (χ1) is 10.2. The Morgan fingerprint density at radius 2 is 2.19 bits per heavy atom. The second-order valence-electron chi connectivity index (χ2n) is 4.81. The van der Waals surface area contributed by atoms with E-state index in [1.54, 1.807) is 24.4 Å². The van der Waals surface area contributed by atoms with Gasteiger partial charge in [-0.1, -0.05) is 5.21 Å². The minimum absolute atomic E-state index is 0.179. The number of aliphatic hydroxyl groups is 1. The molecule has 0 aliphatic carbocycles. The number of fused-ring (bicyclic) bond motifs is 2. The topological polar surface area (TPSA) is 98.5 Å². The number of benzene rings is 1. The summed E-state index contributed by atoms with van der Waals surface area (Å²) >= 11 is 0. The summed E-state index contributed by atoms with van der Waals surface area (Å²) in [5.74, 6) is -1.67. The predicted molar refractivity (Wildman–Crippen MR) is 69.5 cm³/mol. The molecule has 0 saturated carbocycles. The Labute approximate surface area is 119 Å². The molecule has 1 aromatic carbocycles. The zero-order valence-electron chi connectivity index (χ0n) is 10.9. The highest BCUT2D eigenvalue weighted by atomic mass is 16.7. The Morgan fingerprint density at radius 1 is 1.38 bits per heavy atom. The third kappa shape index (κ3) is 1.70. The Kier molecular flexibility index (Phi) is 2.58. The van der Waals surface area contributed by atoms with Crippen LogP contribution in [0.1, 0.15) is 11.3 Å². The smallest absolute Gasteiger partial charge is 0.289 e. The highest BCUT2D eigenvalue weighted by molar-refractivity contribution is 6.04. The largest absolute Gasteiger partial charge is 0.390 e. The molecule has 1 fully saturated rings. The molecule has 8 nitrogen and oxygen atoms in total. The molecule has 1 spiro atoms. The second kappa shape index (κ2) is 4.35. The molecular weight excluding hydrogens is 276 g/mol. The summed E-state index contributed by atoms with van der Waals surface area (Å²) in [6.45, 7) is 0.561. The van der Waals surface area contributed by atoms with Crippen LogP contribution in [0.15, 0.2) is 24.4 Å². The SMILES string of the molecule is O=C1Nc2ccc(-n3cc(CO)nn3)cc2C12OCCO2. The van der Waals surface area contributed by atoms with E-state index in [9.17, 15) is 4.79 Å². The summed E-state index contributed by atoms with van der Waals surface area (Å²) in [7, 11) is 0. The van der Waals surface area contributed by atoms with Crippen LogP contribution in [0.4, 0.5) is 5.69 Å². The quantitative estimate of drug-likeness (QED) is 0.801. The fourth-order valence-electron chi connectivity index (χ4n) is 2.58. The summed E-state index contributed by atoms with van der Waals surface area (Å²) in [5.41, 5.74) is 2.46. The molecule has 4 rings (SSSR count). The van der Waals surface area contributed by atoms with E-state index in [0.29, 0.717) is 35.8 Å². The van der Waals surface area contributed by atoms with Crippen LogP contribution in [-0.4, -0.2) is 39.2 Å². The van der Waals surface area contributed by atoms with E-state index in [1.165, 1.54) is 4.68 Å². The lowest BCUT2D eigenvalue weighted by atomic mass is 10.1. The fraction of sp³-hybridized carbons (Fsp3) is 0.308. The van der Waals surface area contributed by atoms with Crippen molar-refractivity contribution in [2.24, 2.45) is 0 Å². The van der Waals surface area contributed by atoms with Gasteiger partial charge in [0, 0.05) is 5.56 Å². The molecule has 2 aliphatic rings. The number of aliphatic hydroxyl groups excluding tert-OH is 1. The Morgan fingerprint density at radius 3 is 2.90 bits per heavy atom. The minimum Gasteiger partial charge on any atom is -0.390 e. The van der Waals surface area contributed by atoms with E-state index in [-0.39, 0.29) is 12.5 Å². The molecule has 0 bridgehead atoms. The van der Waals surface area contributed by atoms with Crippen molar-refractivity contribution in [2.45, 2.75) is 12.4 Å². The number of carbonyl (C=O) groups is 1. The molecule has 1 aromatic heterocycles. The van der Waals surface area contributed by atoms with E-state index < -0.39 is 5.79 Å². The van der Waals surface area contributed by atoms with Gasteiger partial charge in [-0.05, 0) is 18.2 Å². The first-order valence-corrected chi connectivity index (χ1v) is 6.49. The van der Waals surface area contributed by atoms with Crippen molar-refractivity contribution in [1.29, 1.82) is 0 Å². The predicted octanol–water partition coefficient (Wildman–Crippen LogP) is -0.0887. The van der Waals surface area contributed by atoms with E-state index in [1.807, 2.05) is 0 Å². The van der Waals surface area contributed by atoms with E-state index in [2.05, 4.69) is 15.6 Å². The van der Waals surface area contributed by atoms with E-state index in [4.69, 9.17) is 14.6 Å². The van der Waals surface area contributed by atoms with Crippen LogP contribution in [0.25, 0.3) is 5.69 Å². The summed E-state index contributed by atoms with van der Waals surface area (Å²) < 4.78 is 12.6. The molecule has 21 heavy (non-hydrogen) atoms. The van der Waals surface area contributed by atoms with E-state index in [0.717, 1.165) is 0 Å².